The van der Waals surface area contributed by atoms with Gasteiger partial charge in [-0.25, -0.2) is 0 Å². The summed E-state index contributed by atoms with van der Waals surface area (Å²) in [6.07, 6.45) is 0. The first-order chi connectivity index (χ1) is 7.67. The Kier molecular flexibility index (Phi) is 5.08. The van der Waals surface area contributed by atoms with Crippen molar-refractivity contribution in [2.24, 2.45) is 0 Å². The molecule has 0 bridgehead atoms. The normalized spacial score (nSPS) is 10.1. The summed E-state index contributed by atoms with van der Waals surface area (Å²) in [6.45, 7) is 11.6. The van der Waals surface area contributed by atoms with Crippen LogP contribution in [0.2, 0.25) is 0 Å². The van der Waals surface area contributed by atoms with Crippen LogP contribution in [0.4, 0.5) is 0 Å². The Bertz CT molecular complexity index is 392. The molecule has 0 atom stereocenters. The molecule has 1 aromatic carbocycles. The Morgan fingerprint density at radius 1 is 1.12 bits per heavy atom. The van der Waals surface area contributed by atoms with Crippen LogP contribution in [0.5, 0.6) is 0 Å². The molecule has 16 heavy (non-hydrogen) atoms. The molecule has 0 aliphatic heterocycles. The predicted octanol–water partition coefficient (Wildman–Crippen LogP) is 3.00. The molecular weight excluding hydrogens is 194 g/mol. The lowest BCUT2D eigenvalue weighted by Crippen LogP contribution is -2.22. The standard InChI is InChI=1S/C15H21N/c1-5-16(6-2)11-7-8-15-12-13(3)9-10-14(15)4/h9-10,12H,5-6,11H2,1-4H3. The molecule has 86 valence electrons. The first-order valence-corrected chi connectivity index (χ1v) is 5.95. The topological polar surface area (TPSA) is 3.24 Å². The Hall–Kier alpha value is -1.26. The van der Waals surface area contributed by atoms with Gasteiger partial charge in [0.2, 0.25) is 0 Å². The van der Waals surface area contributed by atoms with Crippen molar-refractivity contribution in [2.45, 2.75) is 27.7 Å². The fourth-order valence-electron chi connectivity index (χ4n) is 1.56. The maximum Gasteiger partial charge on any atom is 0.0605 e. The molecule has 0 unspecified atom stereocenters. The molecule has 1 nitrogen and oxygen atoms in total. The van der Waals surface area contributed by atoms with Crippen molar-refractivity contribution in [1.29, 1.82) is 0 Å². The van der Waals surface area contributed by atoms with Gasteiger partial charge in [-0.15, -0.1) is 0 Å². The summed E-state index contributed by atoms with van der Waals surface area (Å²) in [5.41, 5.74) is 3.70. The van der Waals surface area contributed by atoms with Gasteiger partial charge in [-0.05, 0) is 44.1 Å². The summed E-state index contributed by atoms with van der Waals surface area (Å²) in [7, 11) is 0. The van der Waals surface area contributed by atoms with E-state index in [2.05, 4.69) is 62.6 Å². The van der Waals surface area contributed by atoms with Gasteiger partial charge >= 0.3 is 0 Å². The highest BCUT2D eigenvalue weighted by molar-refractivity contribution is 5.43. The van der Waals surface area contributed by atoms with E-state index in [0.717, 1.165) is 25.2 Å². The van der Waals surface area contributed by atoms with E-state index >= 15 is 0 Å². The van der Waals surface area contributed by atoms with Gasteiger partial charge in [0.25, 0.3) is 0 Å². The fourth-order valence-corrected chi connectivity index (χ4v) is 1.56. The smallest absolute Gasteiger partial charge is 0.0605 e. The zero-order valence-corrected chi connectivity index (χ0v) is 10.8. The average Bonchev–Trinajstić information content (AvgIpc) is 2.29. The highest BCUT2D eigenvalue weighted by Gasteiger charge is 1.96. The molecule has 0 fully saturated rings. The molecule has 1 rings (SSSR count). The second kappa shape index (κ2) is 6.35. The number of hydrogen-bond donors (Lipinski definition) is 0. The molecule has 0 amide bonds. The molecule has 0 spiro atoms. The Labute approximate surface area is 99.5 Å². The van der Waals surface area contributed by atoms with Crippen molar-refractivity contribution in [1.82, 2.24) is 4.90 Å². The van der Waals surface area contributed by atoms with E-state index in [4.69, 9.17) is 0 Å². The van der Waals surface area contributed by atoms with Gasteiger partial charge in [-0.2, -0.15) is 0 Å². The molecule has 0 aliphatic rings. The van der Waals surface area contributed by atoms with Gasteiger partial charge in [-0.3, -0.25) is 4.90 Å². The number of benzene rings is 1. The second-order valence-corrected chi connectivity index (χ2v) is 4.08. The quantitative estimate of drug-likeness (QED) is 0.701. The molecule has 0 aliphatic carbocycles. The number of nitrogens with zero attached hydrogens (tertiary/aromatic N) is 1. The Morgan fingerprint density at radius 2 is 1.81 bits per heavy atom. The van der Waals surface area contributed by atoms with Crippen LogP contribution in [0.25, 0.3) is 0 Å². The lowest BCUT2D eigenvalue weighted by atomic mass is 10.1. The van der Waals surface area contributed by atoms with Crippen LogP contribution >= 0.6 is 0 Å². The van der Waals surface area contributed by atoms with Crippen LogP contribution in [0.3, 0.4) is 0 Å². The maximum atomic E-state index is 3.26. The molecular formula is C15H21N. The van der Waals surface area contributed by atoms with Crippen LogP contribution in [0, 0.1) is 25.7 Å². The molecule has 0 radical (unpaired) electrons. The Morgan fingerprint density at radius 3 is 2.44 bits per heavy atom. The van der Waals surface area contributed by atoms with E-state index in [1.165, 1.54) is 11.1 Å². The fraction of sp³-hybridized carbons (Fsp3) is 0.467. The molecule has 0 N–H and O–H groups in total. The average molecular weight is 215 g/mol. The van der Waals surface area contributed by atoms with Crippen LogP contribution in [0.1, 0.15) is 30.5 Å². The van der Waals surface area contributed by atoms with E-state index in [1.807, 2.05) is 0 Å². The van der Waals surface area contributed by atoms with E-state index in [9.17, 15) is 0 Å². The number of rotatable bonds is 3. The Balaban J connectivity index is 2.72. The highest BCUT2D eigenvalue weighted by Crippen LogP contribution is 2.08. The van der Waals surface area contributed by atoms with Crippen LogP contribution in [-0.2, 0) is 0 Å². The maximum absolute atomic E-state index is 3.26. The van der Waals surface area contributed by atoms with Gasteiger partial charge in [-0.1, -0.05) is 37.8 Å². The largest absolute Gasteiger partial charge is 0.293 e. The third-order valence-corrected chi connectivity index (χ3v) is 2.81. The number of aryl methyl sites for hydroxylation is 2. The highest BCUT2D eigenvalue weighted by atomic mass is 15.1. The van der Waals surface area contributed by atoms with E-state index in [-0.39, 0.29) is 0 Å². The van der Waals surface area contributed by atoms with E-state index < -0.39 is 0 Å². The summed E-state index contributed by atoms with van der Waals surface area (Å²) in [5.74, 6) is 6.51. The van der Waals surface area contributed by atoms with Crippen LogP contribution in [-0.4, -0.2) is 24.5 Å². The van der Waals surface area contributed by atoms with E-state index in [1.54, 1.807) is 0 Å². The summed E-state index contributed by atoms with van der Waals surface area (Å²) < 4.78 is 0. The van der Waals surface area contributed by atoms with Gasteiger partial charge in [0.1, 0.15) is 0 Å². The summed E-state index contributed by atoms with van der Waals surface area (Å²) >= 11 is 0. The van der Waals surface area contributed by atoms with Crippen molar-refractivity contribution >= 4 is 0 Å². The monoisotopic (exact) mass is 215 g/mol. The third kappa shape index (κ3) is 3.72. The lowest BCUT2D eigenvalue weighted by Gasteiger charge is -2.13. The molecule has 0 aromatic heterocycles. The van der Waals surface area contributed by atoms with Gasteiger partial charge in [0.15, 0.2) is 0 Å². The minimum atomic E-state index is 0.861. The van der Waals surface area contributed by atoms with Crippen LogP contribution < -0.4 is 0 Å². The van der Waals surface area contributed by atoms with Gasteiger partial charge in [0.05, 0.1) is 6.54 Å². The van der Waals surface area contributed by atoms with Gasteiger partial charge in [0, 0.05) is 5.56 Å². The van der Waals surface area contributed by atoms with Crippen molar-refractivity contribution in [3.05, 3.63) is 34.9 Å². The van der Waals surface area contributed by atoms with Crippen molar-refractivity contribution in [3.8, 4) is 11.8 Å². The van der Waals surface area contributed by atoms with Gasteiger partial charge < -0.3 is 0 Å². The van der Waals surface area contributed by atoms with Crippen molar-refractivity contribution < 1.29 is 0 Å². The second-order valence-electron chi connectivity index (χ2n) is 4.08. The predicted molar refractivity (Wildman–Crippen MR) is 70.6 cm³/mol. The van der Waals surface area contributed by atoms with Crippen molar-refractivity contribution in [3.63, 3.8) is 0 Å². The summed E-state index contributed by atoms with van der Waals surface area (Å²) in [5, 5.41) is 0. The summed E-state index contributed by atoms with van der Waals surface area (Å²) in [4.78, 5) is 2.32. The molecule has 0 heterocycles. The van der Waals surface area contributed by atoms with Crippen molar-refractivity contribution in [2.75, 3.05) is 19.6 Å². The zero-order valence-electron chi connectivity index (χ0n) is 10.8. The SMILES string of the molecule is CCN(CC)CC#Cc1cc(C)ccc1C. The molecule has 1 heteroatoms. The molecule has 0 saturated carbocycles. The minimum absolute atomic E-state index is 0.861. The number of hydrogen-bond acceptors (Lipinski definition) is 1. The van der Waals surface area contributed by atoms with Crippen LogP contribution in [0.15, 0.2) is 18.2 Å². The third-order valence-electron chi connectivity index (χ3n) is 2.81. The first-order valence-electron chi connectivity index (χ1n) is 5.95. The summed E-state index contributed by atoms with van der Waals surface area (Å²) in [6, 6.07) is 6.42. The zero-order chi connectivity index (χ0) is 12.0. The first kappa shape index (κ1) is 12.8. The van der Waals surface area contributed by atoms with E-state index in [0.29, 0.717) is 0 Å². The molecule has 1 aromatic rings. The molecule has 0 saturated heterocycles. The minimum Gasteiger partial charge on any atom is -0.293 e. The lowest BCUT2D eigenvalue weighted by molar-refractivity contribution is 0.342.